The van der Waals surface area contributed by atoms with Gasteiger partial charge in [-0.25, -0.2) is 0 Å². The van der Waals surface area contributed by atoms with Crippen molar-refractivity contribution in [1.29, 1.82) is 0 Å². The molecule has 1 fully saturated rings. The molecule has 0 radical (unpaired) electrons. The van der Waals surface area contributed by atoms with Gasteiger partial charge in [-0.15, -0.1) is 0 Å². The summed E-state index contributed by atoms with van der Waals surface area (Å²) in [6.45, 7) is 8.91. The van der Waals surface area contributed by atoms with Crippen LogP contribution in [0, 0.1) is 13.8 Å². The Bertz CT molecular complexity index is 458. The Morgan fingerprint density at radius 3 is 2.30 bits per heavy atom. The lowest BCUT2D eigenvalue weighted by Crippen LogP contribution is -2.38. The number of amides is 1. The smallest absolute Gasteiger partial charge is 0.230 e. The fraction of sp³-hybridized carbons (Fsp3) is 0.588. The van der Waals surface area contributed by atoms with Crippen molar-refractivity contribution in [3.63, 3.8) is 0 Å². The van der Waals surface area contributed by atoms with Gasteiger partial charge in [-0.3, -0.25) is 4.79 Å². The molecule has 3 nitrogen and oxygen atoms in total. The number of benzene rings is 1. The first-order valence-electron chi connectivity index (χ1n) is 7.66. The van der Waals surface area contributed by atoms with Gasteiger partial charge in [0.1, 0.15) is 0 Å². The summed E-state index contributed by atoms with van der Waals surface area (Å²) in [6.07, 6.45) is 3.08. The van der Waals surface area contributed by atoms with Crippen LogP contribution in [0.2, 0.25) is 0 Å². The van der Waals surface area contributed by atoms with Crippen LogP contribution in [0.1, 0.15) is 42.9 Å². The highest BCUT2D eigenvalue weighted by atomic mass is 16.2. The zero-order valence-corrected chi connectivity index (χ0v) is 12.9. The maximum Gasteiger partial charge on any atom is 0.230 e. The van der Waals surface area contributed by atoms with Crippen molar-refractivity contribution in [3.8, 4) is 0 Å². The van der Waals surface area contributed by atoms with Crippen LogP contribution in [0.3, 0.4) is 0 Å². The highest BCUT2D eigenvalue weighted by Crippen LogP contribution is 2.48. The van der Waals surface area contributed by atoms with Crippen LogP contribution >= 0.6 is 0 Å². The van der Waals surface area contributed by atoms with Gasteiger partial charge in [0, 0.05) is 13.1 Å². The Kier molecular flexibility index (Phi) is 4.81. The number of nitrogens with one attached hydrogen (secondary N) is 2. The molecule has 0 aliphatic heterocycles. The lowest BCUT2D eigenvalue weighted by molar-refractivity contribution is -0.123. The van der Waals surface area contributed by atoms with E-state index in [4.69, 9.17) is 0 Å². The SMILES string of the molecule is CCCNCCNC(=O)C1(c2cc(C)cc(C)c2)CC1. The molecule has 1 aromatic carbocycles. The van der Waals surface area contributed by atoms with Crippen LogP contribution in [-0.2, 0) is 10.2 Å². The molecular weight excluding hydrogens is 248 g/mol. The van der Waals surface area contributed by atoms with E-state index in [1.165, 1.54) is 16.7 Å². The minimum atomic E-state index is -0.248. The van der Waals surface area contributed by atoms with Gasteiger partial charge < -0.3 is 10.6 Å². The normalized spacial score (nSPS) is 15.9. The van der Waals surface area contributed by atoms with Crippen molar-refractivity contribution in [3.05, 3.63) is 34.9 Å². The van der Waals surface area contributed by atoms with Gasteiger partial charge >= 0.3 is 0 Å². The summed E-state index contributed by atoms with van der Waals surface area (Å²) >= 11 is 0. The van der Waals surface area contributed by atoms with E-state index in [1.807, 2.05) is 0 Å². The molecule has 2 N–H and O–H groups in total. The molecule has 1 amide bonds. The zero-order chi connectivity index (χ0) is 14.6. The molecule has 110 valence electrons. The van der Waals surface area contributed by atoms with Gasteiger partial charge in [0.25, 0.3) is 0 Å². The summed E-state index contributed by atoms with van der Waals surface area (Å²) in [4.78, 5) is 12.4. The number of carbonyl (C=O) groups excluding carboxylic acids is 1. The van der Waals surface area contributed by atoms with E-state index in [9.17, 15) is 4.79 Å². The average molecular weight is 274 g/mol. The Balaban J connectivity index is 1.94. The molecule has 0 saturated heterocycles. The Morgan fingerprint density at radius 2 is 1.75 bits per heavy atom. The average Bonchev–Trinajstić information content (AvgIpc) is 3.18. The third kappa shape index (κ3) is 3.40. The molecular formula is C17H26N2O. The summed E-state index contributed by atoms with van der Waals surface area (Å²) in [7, 11) is 0. The monoisotopic (exact) mass is 274 g/mol. The maximum atomic E-state index is 12.4. The second-order valence-electron chi connectivity index (χ2n) is 5.96. The fourth-order valence-corrected chi connectivity index (χ4v) is 2.76. The standard InChI is InChI=1S/C17H26N2O/c1-4-7-18-8-9-19-16(20)17(5-6-17)15-11-13(2)10-14(3)12-15/h10-12,18H,4-9H2,1-3H3,(H,19,20). The first-order chi connectivity index (χ1) is 9.58. The van der Waals surface area contributed by atoms with Crippen LogP contribution < -0.4 is 10.6 Å². The predicted molar refractivity (Wildman–Crippen MR) is 83.0 cm³/mol. The van der Waals surface area contributed by atoms with E-state index < -0.39 is 0 Å². The van der Waals surface area contributed by atoms with Gasteiger partial charge in [-0.2, -0.15) is 0 Å². The molecule has 0 heterocycles. The minimum absolute atomic E-state index is 0.195. The first-order valence-corrected chi connectivity index (χ1v) is 7.66. The highest BCUT2D eigenvalue weighted by molar-refractivity contribution is 5.91. The lowest BCUT2D eigenvalue weighted by Gasteiger charge is -2.17. The number of hydrogen-bond donors (Lipinski definition) is 2. The quantitative estimate of drug-likeness (QED) is 0.750. The maximum absolute atomic E-state index is 12.4. The van der Waals surface area contributed by atoms with Gasteiger partial charge in [0.15, 0.2) is 0 Å². The third-order valence-corrected chi connectivity index (χ3v) is 3.97. The van der Waals surface area contributed by atoms with Crippen molar-refractivity contribution >= 4 is 5.91 Å². The van der Waals surface area contributed by atoms with Crippen molar-refractivity contribution < 1.29 is 4.79 Å². The van der Waals surface area contributed by atoms with Crippen LogP contribution in [0.15, 0.2) is 18.2 Å². The molecule has 2 rings (SSSR count). The predicted octanol–water partition coefficient (Wildman–Crippen LogP) is 2.45. The second kappa shape index (κ2) is 6.40. The Labute approximate surface area is 122 Å². The topological polar surface area (TPSA) is 41.1 Å². The van der Waals surface area contributed by atoms with E-state index in [1.54, 1.807) is 0 Å². The molecule has 1 aromatic rings. The summed E-state index contributed by atoms with van der Waals surface area (Å²) in [5.74, 6) is 0.195. The van der Waals surface area contributed by atoms with Crippen molar-refractivity contribution in [2.75, 3.05) is 19.6 Å². The lowest BCUT2D eigenvalue weighted by atomic mass is 9.92. The van der Waals surface area contributed by atoms with Gasteiger partial charge in [0.05, 0.1) is 5.41 Å². The molecule has 0 unspecified atom stereocenters. The number of carbonyl (C=O) groups is 1. The Morgan fingerprint density at radius 1 is 1.10 bits per heavy atom. The molecule has 0 atom stereocenters. The summed E-state index contributed by atoms with van der Waals surface area (Å²) in [5.41, 5.74) is 3.42. The summed E-state index contributed by atoms with van der Waals surface area (Å²) in [6, 6.07) is 6.48. The molecule has 1 saturated carbocycles. The number of hydrogen-bond acceptors (Lipinski definition) is 2. The van der Waals surface area contributed by atoms with Crippen molar-refractivity contribution in [2.24, 2.45) is 0 Å². The van der Waals surface area contributed by atoms with E-state index in [0.29, 0.717) is 6.54 Å². The highest BCUT2D eigenvalue weighted by Gasteiger charge is 2.51. The molecule has 1 aliphatic rings. The van der Waals surface area contributed by atoms with Crippen LogP contribution in [0.5, 0.6) is 0 Å². The largest absolute Gasteiger partial charge is 0.354 e. The van der Waals surface area contributed by atoms with Gasteiger partial charge in [-0.1, -0.05) is 36.2 Å². The van der Waals surface area contributed by atoms with E-state index in [0.717, 1.165) is 32.4 Å². The van der Waals surface area contributed by atoms with Crippen molar-refractivity contribution in [1.82, 2.24) is 10.6 Å². The third-order valence-electron chi connectivity index (χ3n) is 3.97. The number of aryl methyl sites for hydroxylation is 2. The van der Waals surface area contributed by atoms with Crippen LogP contribution in [-0.4, -0.2) is 25.5 Å². The van der Waals surface area contributed by atoms with Gasteiger partial charge in [-0.05, 0) is 45.2 Å². The van der Waals surface area contributed by atoms with E-state index in [-0.39, 0.29) is 11.3 Å². The fourth-order valence-electron chi connectivity index (χ4n) is 2.76. The van der Waals surface area contributed by atoms with E-state index in [2.05, 4.69) is 49.6 Å². The van der Waals surface area contributed by atoms with Gasteiger partial charge in [0.2, 0.25) is 5.91 Å². The Hall–Kier alpha value is -1.35. The zero-order valence-electron chi connectivity index (χ0n) is 12.9. The second-order valence-corrected chi connectivity index (χ2v) is 5.96. The van der Waals surface area contributed by atoms with Crippen LogP contribution in [0.25, 0.3) is 0 Å². The summed E-state index contributed by atoms with van der Waals surface area (Å²) < 4.78 is 0. The van der Waals surface area contributed by atoms with Crippen molar-refractivity contribution in [2.45, 2.75) is 45.4 Å². The molecule has 20 heavy (non-hydrogen) atoms. The molecule has 1 aliphatic carbocycles. The molecule has 0 bridgehead atoms. The van der Waals surface area contributed by atoms with E-state index >= 15 is 0 Å². The molecule has 3 heteroatoms. The minimum Gasteiger partial charge on any atom is -0.354 e. The van der Waals surface area contributed by atoms with Crippen LogP contribution in [0.4, 0.5) is 0 Å². The molecule has 0 aromatic heterocycles. The summed E-state index contributed by atoms with van der Waals surface area (Å²) in [5, 5.41) is 6.39. The first kappa shape index (κ1) is 15.0. The molecule has 0 spiro atoms. The number of rotatable bonds is 7.